The number of phosphoric ester groups is 1. The van der Waals surface area contributed by atoms with Crippen LogP contribution in [0, 0.1) is 0 Å². The van der Waals surface area contributed by atoms with E-state index in [0.29, 0.717) is 17.4 Å². The summed E-state index contributed by atoms with van der Waals surface area (Å²) in [5, 5.41) is 13.7. The van der Waals surface area contributed by atoms with Gasteiger partial charge < -0.3 is 19.8 Å². The fourth-order valence-corrected chi connectivity index (χ4v) is 6.10. The highest BCUT2D eigenvalue weighted by molar-refractivity contribution is 7.47. The number of nitrogens with one attached hydrogen (secondary N) is 1. The van der Waals surface area contributed by atoms with Gasteiger partial charge in [0.25, 0.3) is 0 Å². The topological polar surface area (TPSA) is 105 Å². The number of quaternary nitrogens is 1. The Hall–Kier alpha value is -2.06. The normalized spacial score (nSPS) is 15.2. The van der Waals surface area contributed by atoms with Gasteiger partial charge in [-0.05, 0) is 57.8 Å². The van der Waals surface area contributed by atoms with Gasteiger partial charge in [-0.1, -0.05) is 157 Å². The maximum atomic E-state index is 12.8. The quantitative estimate of drug-likeness (QED) is 0.0254. The first-order valence-corrected chi connectivity index (χ1v) is 22.3. The summed E-state index contributed by atoms with van der Waals surface area (Å²) in [6.07, 6.45) is 47.1. The molecule has 0 aromatic heterocycles. The molecule has 0 spiro atoms. The number of carbonyl (C=O) groups is 1. The van der Waals surface area contributed by atoms with Gasteiger partial charge in [-0.25, -0.2) is 4.57 Å². The number of amides is 1. The zero-order valence-corrected chi connectivity index (χ0v) is 35.4. The van der Waals surface area contributed by atoms with E-state index in [1.807, 2.05) is 39.4 Å². The Kier molecular flexibility index (Phi) is 34.2. The molecule has 3 unspecified atom stereocenters. The van der Waals surface area contributed by atoms with Gasteiger partial charge in [0.2, 0.25) is 5.91 Å². The average molecular weight is 764 g/mol. The van der Waals surface area contributed by atoms with Crippen LogP contribution in [0.5, 0.6) is 0 Å². The first kappa shape index (κ1) is 50.9. The Bertz CT molecular complexity index is 1090. The third-order valence-electron chi connectivity index (χ3n) is 8.67. The Labute approximate surface area is 325 Å². The minimum absolute atomic E-state index is 0.0401. The summed E-state index contributed by atoms with van der Waals surface area (Å²) in [5.74, 6) is -0.270. The van der Waals surface area contributed by atoms with Crippen LogP contribution in [0.25, 0.3) is 0 Å². The van der Waals surface area contributed by atoms with Crippen LogP contribution >= 0.6 is 7.82 Å². The van der Waals surface area contributed by atoms with Crippen LogP contribution in [0.15, 0.2) is 72.9 Å². The fourth-order valence-electron chi connectivity index (χ4n) is 5.36. The fraction of sp³-hybridized carbons (Fsp3) is 0.705. The predicted octanol–water partition coefficient (Wildman–Crippen LogP) is 11.2. The molecule has 0 saturated carbocycles. The summed E-state index contributed by atoms with van der Waals surface area (Å²) in [5.41, 5.74) is 0. The Balaban J connectivity index is 4.63. The standard InChI is InChI=1S/C44H79N2O6P/c1-6-8-10-12-14-16-18-20-21-22-23-24-26-27-29-31-33-35-37-43(47)42(41-52-53(49,50)51-40-39-46(3,4)5)45-44(48)38-36-34-32-30-28-25-19-17-15-13-11-9-7-2/h9,11,15,17,25,27-29,32,34-35,37,42-43,47H,6-8,10,12-14,16,18-24,26,30-31,33,36,38-41H2,1-5H3,(H-,45,48,49,50)/p+1/b11-9-,17-15-,28-25-,29-27+,34-32-,37-35+. The summed E-state index contributed by atoms with van der Waals surface area (Å²) in [7, 11) is 1.50. The molecule has 0 bridgehead atoms. The maximum Gasteiger partial charge on any atom is 0.472 e. The molecular formula is C44H80N2O6P+. The number of allylic oxidation sites excluding steroid dienone is 11. The van der Waals surface area contributed by atoms with Crippen molar-refractivity contribution in [1.29, 1.82) is 0 Å². The predicted molar refractivity (Wildman–Crippen MR) is 226 cm³/mol. The lowest BCUT2D eigenvalue weighted by Gasteiger charge is -2.25. The van der Waals surface area contributed by atoms with Gasteiger partial charge in [-0.2, -0.15) is 0 Å². The molecule has 0 aromatic rings. The molecule has 0 aliphatic heterocycles. The van der Waals surface area contributed by atoms with Crippen molar-refractivity contribution in [3.63, 3.8) is 0 Å². The third-order valence-corrected chi connectivity index (χ3v) is 9.66. The van der Waals surface area contributed by atoms with Gasteiger partial charge in [0.1, 0.15) is 13.2 Å². The van der Waals surface area contributed by atoms with Crippen molar-refractivity contribution < 1.29 is 32.9 Å². The van der Waals surface area contributed by atoms with E-state index in [9.17, 15) is 19.4 Å². The summed E-state index contributed by atoms with van der Waals surface area (Å²) in [4.78, 5) is 23.0. The van der Waals surface area contributed by atoms with Crippen LogP contribution in [-0.2, 0) is 18.4 Å². The van der Waals surface area contributed by atoms with E-state index in [0.717, 1.165) is 44.9 Å². The van der Waals surface area contributed by atoms with Crippen molar-refractivity contribution in [2.24, 2.45) is 0 Å². The number of nitrogens with zero attached hydrogens (tertiary/aromatic N) is 1. The number of hydrogen-bond donors (Lipinski definition) is 3. The number of phosphoric acid groups is 1. The monoisotopic (exact) mass is 764 g/mol. The second kappa shape index (κ2) is 35.6. The van der Waals surface area contributed by atoms with Gasteiger partial charge in [-0.15, -0.1) is 0 Å². The molecule has 8 nitrogen and oxygen atoms in total. The zero-order valence-electron chi connectivity index (χ0n) is 34.5. The molecule has 0 aliphatic rings. The van der Waals surface area contributed by atoms with E-state index in [2.05, 4.69) is 67.8 Å². The summed E-state index contributed by atoms with van der Waals surface area (Å²) >= 11 is 0. The van der Waals surface area contributed by atoms with Crippen molar-refractivity contribution in [3.05, 3.63) is 72.9 Å². The van der Waals surface area contributed by atoms with Gasteiger partial charge in [0.15, 0.2) is 0 Å². The number of carbonyl (C=O) groups excluding carboxylic acids is 1. The summed E-state index contributed by atoms with van der Waals surface area (Å²) < 4.78 is 23.4. The summed E-state index contributed by atoms with van der Waals surface area (Å²) in [6.45, 7) is 4.59. The maximum absolute atomic E-state index is 12.8. The van der Waals surface area contributed by atoms with E-state index in [4.69, 9.17) is 9.05 Å². The molecule has 3 atom stereocenters. The number of aliphatic hydroxyl groups excluding tert-OH is 1. The molecule has 53 heavy (non-hydrogen) atoms. The van der Waals surface area contributed by atoms with Crippen molar-refractivity contribution in [2.75, 3.05) is 40.9 Å². The molecule has 0 radical (unpaired) electrons. The molecule has 306 valence electrons. The van der Waals surface area contributed by atoms with E-state index in [1.54, 1.807) is 6.08 Å². The van der Waals surface area contributed by atoms with Gasteiger partial charge in [0, 0.05) is 6.42 Å². The average Bonchev–Trinajstić information content (AvgIpc) is 3.10. The molecule has 3 N–H and O–H groups in total. The molecular weight excluding hydrogens is 683 g/mol. The first-order valence-electron chi connectivity index (χ1n) is 20.8. The van der Waals surface area contributed by atoms with Crippen LogP contribution in [-0.4, -0.2) is 73.4 Å². The van der Waals surface area contributed by atoms with E-state index < -0.39 is 20.0 Å². The molecule has 0 heterocycles. The minimum atomic E-state index is -4.36. The molecule has 0 aliphatic carbocycles. The molecule has 0 rings (SSSR count). The van der Waals surface area contributed by atoms with Crippen molar-refractivity contribution in [3.8, 4) is 0 Å². The number of likely N-dealkylation sites (N-methyl/N-ethyl adjacent to an activating group) is 1. The minimum Gasteiger partial charge on any atom is -0.387 e. The van der Waals surface area contributed by atoms with Gasteiger partial charge in [0.05, 0.1) is 39.9 Å². The second-order valence-electron chi connectivity index (χ2n) is 15.0. The molecule has 9 heteroatoms. The first-order chi connectivity index (χ1) is 25.5. The van der Waals surface area contributed by atoms with Gasteiger partial charge in [-0.3, -0.25) is 13.8 Å². The lowest BCUT2D eigenvalue weighted by Crippen LogP contribution is -2.45. The number of hydrogen-bond acceptors (Lipinski definition) is 5. The molecule has 0 fully saturated rings. The Morgan fingerprint density at radius 1 is 0.660 bits per heavy atom. The van der Waals surface area contributed by atoms with Crippen LogP contribution in [0.4, 0.5) is 0 Å². The third kappa shape index (κ3) is 38.0. The highest BCUT2D eigenvalue weighted by Gasteiger charge is 2.27. The van der Waals surface area contributed by atoms with Crippen LogP contribution in [0.2, 0.25) is 0 Å². The highest BCUT2D eigenvalue weighted by atomic mass is 31.2. The van der Waals surface area contributed by atoms with Gasteiger partial charge >= 0.3 is 7.82 Å². The number of unbranched alkanes of at least 4 members (excludes halogenated alkanes) is 13. The Morgan fingerprint density at radius 3 is 1.72 bits per heavy atom. The van der Waals surface area contributed by atoms with E-state index in [-0.39, 0.29) is 25.5 Å². The van der Waals surface area contributed by atoms with E-state index >= 15 is 0 Å². The van der Waals surface area contributed by atoms with Crippen molar-refractivity contribution >= 4 is 13.7 Å². The SMILES string of the molecule is CC/C=C\C/C=C\C/C=C\C/C=C\CCC(=O)NC(COP(=O)(O)OCC[N+](C)(C)C)C(O)/C=C/CC/C=C/CCCCCCCCCCCCCC. The molecule has 0 aromatic carbocycles. The molecule has 0 saturated heterocycles. The number of aliphatic hydroxyl groups is 1. The van der Waals surface area contributed by atoms with Crippen LogP contribution < -0.4 is 5.32 Å². The smallest absolute Gasteiger partial charge is 0.387 e. The largest absolute Gasteiger partial charge is 0.472 e. The lowest BCUT2D eigenvalue weighted by molar-refractivity contribution is -0.870. The summed E-state index contributed by atoms with van der Waals surface area (Å²) in [6, 6.07) is -0.903. The lowest BCUT2D eigenvalue weighted by atomic mass is 10.0. The number of rotatable bonds is 36. The zero-order chi connectivity index (χ0) is 39.3. The Morgan fingerprint density at radius 2 is 1.15 bits per heavy atom. The van der Waals surface area contributed by atoms with E-state index in [1.165, 1.54) is 77.0 Å². The van der Waals surface area contributed by atoms with Crippen LogP contribution in [0.3, 0.4) is 0 Å². The van der Waals surface area contributed by atoms with Crippen LogP contribution in [0.1, 0.15) is 149 Å². The molecule has 1 amide bonds. The highest BCUT2D eigenvalue weighted by Crippen LogP contribution is 2.43. The second-order valence-corrected chi connectivity index (χ2v) is 16.4. The van der Waals surface area contributed by atoms with Crippen molar-refractivity contribution in [2.45, 2.75) is 161 Å². The van der Waals surface area contributed by atoms with Crippen molar-refractivity contribution in [1.82, 2.24) is 5.32 Å².